The topological polar surface area (TPSA) is 41.1 Å². The zero-order valence-electron chi connectivity index (χ0n) is 9.26. The van der Waals surface area contributed by atoms with E-state index in [1.807, 2.05) is 20.8 Å². The Kier molecular flexibility index (Phi) is 3.69. The average Bonchev–Trinajstić information content (AvgIpc) is 2.56. The zero-order chi connectivity index (χ0) is 10.6. The predicted octanol–water partition coefficient (Wildman–Crippen LogP) is 1.21. The van der Waals surface area contributed by atoms with Crippen molar-refractivity contribution in [2.75, 3.05) is 6.54 Å². The molecule has 1 aliphatic rings. The molecule has 0 radical (unpaired) electrons. The lowest BCUT2D eigenvalue weighted by atomic mass is 10.0. The minimum absolute atomic E-state index is 0.0908. The molecular formula is C11H20N2O. The molecular weight excluding hydrogens is 176 g/mol. The van der Waals surface area contributed by atoms with Crippen molar-refractivity contribution in [3.63, 3.8) is 0 Å². The highest BCUT2D eigenvalue weighted by Crippen LogP contribution is 2.11. The van der Waals surface area contributed by atoms with Crippen LogP contribution in [0.1, 0.15) is 33.6 Å². The first kappa shape index (κ1) is 11.2. The first-order valence-corrected chi connectivity index (χ1v) is 5.27. The number of carbonyl (C=O) groups excluding carboxylic acids is 1. The van der Waals surface area contributed by atoms with Crippen LogP contribution >= 0.6 is 0 Å². The van der Waals surface area contributed by atoms with Crippen molar-refractivity contribution in [3.05, 3.63) is 12.2 Å². The second-order valence-electron chi connectivity index (χ2n) is 4.27. The first-order chi connectivity index (χ1) is 6.56. The molecule has 0 unspecified atom stereocenters. The van der Waals surface area contributed by atoms with E-state index in [2.05, 4.69) is 22.8 Å². The van der Waals surface area contributed by atoms with Crippen molar-refractivity contribution >= 4 is 5.91 Å². The quantitative estimate of drug-likeness (QED) is 0.664. The molecule has 3 heteroatoms. The fourth-order valence-electron chi connectivity index (χ4n) is 1.62. The third-order valence-corrected chi connectivity index (χ3v) is 2.53. The van der Waals surface area contributed by atoms with E-state index in [1.165, 1.54) is 0 Å². The summed E-state index contributed by atoms with van der Waals surface area (Å²) in [6.07, 6.45) is 6.16. The second-order valence-corrected chi connectivity index (χ2v) is 4.27. The predicted molar refractivity (Wildman–Crippen MR) is 58.1 cm³/mol. The fraction of sp³-hybridized carbons (Fsp3) is 0.727. The number of amides is 1. The van der Waals surface area contributed by atoms with Gasteiger partial charge in [-0.2, -0.15) is 0 Å². The number of rotatable bonds is 4. The smallest absolute Gasteiger partial charge is 0.239 e. The molecule has 3 nitrogen and oxygen atoms in total. The summed E-state index contributed by atoms with van der Waals surface area (Å²) >= 11 is 0. The van der Waals surface area contributed by atoms with Gasteiger partial charge < -0.3 is 10.6 Å². The summed E-state index contributed by atoms with van der Waals surface area (Å²) in [4.78, 5) is 11.8. The molecule has 0 aromatic carbocycles. The van der Waals surface area contributed by atoms with E-state index in [-0.39, 0.29) is 5.91 Å². The third-order valence-electron chi connectivity index (χ3n) is 2.53. The Balaban J connectivity index is 2.40. The van der Waals surface area contributed by atoms with Gasteiger partial charge in [0.2, 0.25) is 5.91 Å². The van der Waals surface area contributed by atoms with E-state index in [0.717, 1.165) is 19.4 Å². The number of carbonyl (C=O) groups is 1. The van der Waals surface area contributed by atoms with E-state index in [4.69, 9.17) is 0 Å². The van der Waals surface area contributed by atoms with Gasteiger partial charge in [-0.15, -0.1) is 0 Å². The molecule has 0 heterocycles. The Bertz CT molecular complexity index is 225. The highest BCUT2D eigenvalue weighted by molar-refractivity contribution is 5.85. The average molecular weight is 196 g/mol. The van der Waals surface area contributed by atoms with Gasteiger partial charge in [-0.25, -0.2) is 0 Å². The molecule has 0 spiro atoms. The largest absolute Gasteiger partial charge is 0.351 e. The lowest BCUT2D eigenvalue weighted by Gasteiger charge is -2.26. The SMILES string of the molecule is CCNC(C)(C)C(=O)NC1CC=CC1. The van der Waals surface area contributed by atoms with Crippen LogP contribution in [0.4, 0.5) is 0 Å². The second kappa shape index (κ2) is 4.60. The van der Waals surface area contributed by atoms with Gasteiger partial charge in [0.25, 0.3) is 0 Å². The molecule has 0 aromatic heterocycles. The standard InChI is InChI=1S/C11H20N2O/c1-4-12-11(2,3)10(14)13-9-7-5-6-8-9/h5-6,9,12H,4,7-8H2,1-3H3,(H,13,14). The molecule has 1 aliphatic carbocycles. The summed E-state index contributed by atoms with van der Waals surface area (Å²) < 4.78 is 0. The third kappa shape index (κ3) is 2.84. The molecule has 1 rings (SSSR count). The summed E-state index contributed by atoms with van der Waals surface area (Å²) in [6, 6.07) is 0.306. The van der Waals surface area contributed by atoms with Gasteiger partial charge in [-0.1, -0.05) is 19.1 Å². The van der Waals surface area contributed by atoms with Gasteiger partial charge in [-0.05, 0) is 33.2 Å². The Morgan fingerprint density at radius 2 is 2.00 bits per heavy atom. The Morgan fingerprint density at radius 1 is 1.43 bits per heavy atom. The highest BCUT2D eigenvalue weighted by Gasteiger charge is 2.27. The van der Waals surface area contributed by atoms with E-state index in [9.17, 15) is 4.79 Å². The molecule has 0 fully saturated rings. The van der Waals surface area contributed by atoms with Crippen LogP contribution in [0.2, 0.25) is 0 Å². The van der Waals surface area contributed by atoms with Crippen LogP contribution < -0.4 is 10.6 Å². The molecule has 0 saturated heterocycles. The molecule has 0 saturated carbocycles. The number of nitrogens with one attached hydrogen (secondary N) is 2. The Morgan fingerprint density at radius 3 is 2.50 bits per heavy atom. The summed E-state index contributed by atoms with van der Waals surface area (Å²) in [5.74, 6) is 0.0908. The van der Waals surface area contributed by atoms with Crippen molar-refractivity contribution in [3.8, 4) is 0 Å². The monoisotopic (exact) mass is 196 g/mol. The molecule has 2 N–H and O–H groups in total. The molecule has 0 aromatic rings. The van der Waals surface area contributed by atoms with Gasteiger partial charge in [0.15, 0.2) is 0 Å². The van der Waals surface area contributed by atoms with Gasteiger partial charge >= 0.3 is 0 Å². The van der Waals surface area contributed by atoms with Crippen molar-refractivity contribution in [2.24, 2.45) is 0 Å². The summed E-state index contributed by atoms with van der Waals surface area (Å²) in [7, 11) is 0. The van der Waals surface area contributed by atoms with E-state index in [0.29, 0.717) is 6.04 Å². The Hall–Kier alpha value is -0.830. The van der Waals surface area contributed by atoms with Crippen LogP contribution in [-0.4, -0.2) is 24.0 Å². The van der Waals surface area contributed by atoms with Crippen LogP contribution in [0.25, 0.3) is 0 Å². The van der Waals surface area contributed by atoms with Gasteiger partial charge in [-0.3, -0.25) is 4.79 Å². The van der Waals surface area contributed by atoms with Crippen LogP contribution in [0.5, 0.6) is 0 Å². The van der Waals surface area contributed by atoms with Crippen LogP contribution in [0.15, 0.2) is 12.2 Å². The summed E-state index contributed by atoms with van der Waals surface area (Å²) in [5, 5.41) is 6.20. The number of hydrogen-bond donors (Lipinski definition) is 2. The van der Waals surface area contributed by atoms with Gasteiger partial charge in [0.1, 0.15) is 0 Å². The molecule has 0 atom stereocenters. The maximum Gasteiger partial charge on any atom is 0.239 e. The normalized spacial score (nSPS) is 17.4. The maximum atomic E-state index is 11.8. The lowest BCUT2D eigenvalue weighted by Crippen LogP contribution is -2.54. The zero-order valence-corrected chi connectivity index (χ0v) is 9.26. The van der Waals surface area contributed by atoms with Crippen molar-refractivity contribution < 1.29 is 4.79 Å². The van der Waals surface area contributed by atoms with Crippen molar-refractivity contribution in [2.45, 2.75) is 45.2 Å². The summed E-state index contributed by atoms with van der Waals surface area (Å²) in [5.41, 5.74) is -0.461. The highest BCUT2D eigenvalue weighted by atomic mass is 16.2. The molecule has 0 bridgehead atoms. The van der Waals surface area contributed by atoms with Crippen LogP contribution in [0.3, 0.4) is 0 Å². The van der Waals surface area contributed by atoms with Crippen LogP contribution in [-0.2, 0) is 4.79 Å². The van der Waals surface area contributed by atoms with Crippen molar-refractivity contribution in [1.82, 2.24) is 10.6 Å². The molecule has 14 heavy (non-hydrogen) atoms. The maximum absolute atomic E-state index is 11.8. The van der Waals surface area contributed by atoms with Crippen LogP contribution in [0, 0.1) is 0 Å². The molecule has 1 amide bonds. The first-order valence-electron chi connectivity index (χ1n) is 5.27. The van der Waals surface area contributed by atoms with Gasteiger partial charge in [0.05, 0.1) is 5.54 Å². The lowest BCUT2D eigenvalue weighted by molar-refractivity contribution is -0.127. The Labute approximate surface area is 86.0 Å². The fourth-order valence-corrected chi connectivity index (χ4v) is 1.62. The molecule has 0 aliphatic heterocycles. The van der Waals surface area contributed by atoms with E-state index >= 15 is 0 Å². The summed E-state index contributed by atoms with van der Waals surface area (Å²) in [6.45, 7) is 6.64. The minimum Gasteiger partial charge on any atom is -0.351 e. The number of hydrogen-bond acceptors (Lipinski definition) is 2. The minimum atomic E-state index is -0.461. The van der Waals surface area contributed by atoms with Gasteiger partial charge in [0, 0.05) is 6.04 Å². The van der Waals surface area contributed by atoms with Crippen molar-refractivity contribution in [1.29, 1.82) is 0 Å². The molecule has 80 valence electrons. The van der Waals surface area contributed by atoms with E-state index < -0.39 is 5.54 Å². The number of likely N-dealkylation sites (N-methyl/N-ethyl adjacent to an activating group) is 1. The van der Waals surface area contributed by atoms with E-state index in [1.54, 1.807) is 0 Å².